The topological polar surface area (TPSA) is 52.6 Å². The summed E-state index contributed by atoms with van der Waals surface area (Å²) in [5, 5.41) is 0. The number of ether oxygens (including phenoxy) is 2. The van der Waals surface area contributed by atoms with E-state index in [-0.39, 0.29) is 11.9 Å². The molecule has 0 aromatic heterocycles. The Morgan fingerprint density at radius 3 is 1.89 bits per heavy atom. The largest absolute Gasteiger partial charge is 0.427 e. The fourth-order valence-corrected chi connectivity index (χ4v) is 1.22. The zero-order valence-corrected chi connectivity index (χ0v) is 11.9. The first-order chi connectivity index (χ1) is 8.82. The minimum atomic E-state index is -0.549. The average molecular weight is 264 g/mol. The molecule has 0 heterocycles. The summed E-state index contributed by atoms with van der Waals surface area (Å²) in [7, 11) is 0. The number of carbonyl (C=O) groups excluding carboxylic acids is 2. The Labute approximate surface area is 113 Å². The van der Waals surface area contributed by atoms with Crippen molar-refractivity contribution in [2.24, 2.45) is 5.41 Å². The van der Waals surface area contributed by atoms with E-state index in [1.807, 2.05) is 6.92 Å². The predicted molar refractivity (Wildman–Crippen MR) is 72.1 cm³/mol. The molecule has 0 aliphatic rings. The second-order valence-electron chi connectivity index (χ2n) is 5.33. The van der Waals surface area contributed by atoms with Gasteiger partial charge in [-0.15, -0.1) is 0 Å². The van der Waals surface area contributed by atoms with E-state index in [9.17, 15) is 9.59 Å². The number of hydrogen-bond donors (Lipinski definition) is 0. The lowest BCUT2D eigenvalue weighted by molar-refractivity contribution is -0.143. The lowest BCUT2D eigenvalue weighted by Gasteiger charge is -2.16. The van der Waals surface area contributed by atoms with Crippen LogP contribution in [0.4, 0.5) is 0 Å². The average Bonchev–Trinajstić information content (AvgIpc) is 2.30. The minimum Gasteiger partial charge on any atom is -0.427 e. The standard InChI is InChI=1S/C15H20O4/c1-5-6-13(16)18-11-7-9-12(10-8-11)19-14(17)15(2,3)4/h7-10H,5-6H2,1-4H3. The Morgan fingerprint density at radius 2 is 1.47 bits per heavy atom. The van der Waals surface area contributed by atoms with Crippen molar-refractivity contribution < 1.29 is 19.1 Å². The van der Waals surface area contributed by atoms with Gasteiger partial charge in [0.2, 0.25) is 0 Å². The molecule has 104 valence electrons. The SMILES string of the molecule is CCCC(=O)Oc1ccc(OC(=O)C(C)(C)C)cc1. The van der Waals surface area contributed by atoms with Gasteiger partial charge in [0.1, 0.15) is 11.5 Å². The molecule has 4 nitrogen and oxygen atoms in total. The predicted octanol–water partition coefficient (Wildman–Crippen LogP) is 3.34. The Kier molecular flexibility index (Phi) is 5.10. The maximum Gasteiger partial charge on any atom is 0.316 e. The molecular weight excluding hydrogens is 244 g/mol. The van der Waals surface area contributed by atoms with Gasteiger partial charge in [0.05, 0.1) is 5.41 Å². The van der Waals surface area contributed by atoms with Gasteiger partial charge < -0.3 is 9.47 Å². The second kappa shape index (κ2) is 6.36. The van der Waals surface area contributed by atoms with Gasteiger partial charge in [0, 0.05) is 6.42 Å². The summed E-state index contributed by atoms with van der Waals surface area (Å²) in [6.07, 6.45) is 1.14. The van der Waals surface area contributed by atoms with E-state index in [4.69, 9.17) is 9.47 Å². The lowest BCUT2D eigenvalue weighted by Crippen LogP contribution is -2.25. The molecule has 0 aliphatic heterocycles. The highest BCUT2D eigenvalue weighted by Gasteiger charge is 2.23. The van der Waals surface area contributed by atoms with Crippen LogP contribution in [-0.4, -0.2) is 11.9 Å². The van der Waals surface area contributed by atoms with Gasteiger partial charge in [-0.1, -0.05) is 6.92 Å². The second-order valence-corrected chi connectivity index (χ2v) is 5.33. The zero-order chi connectivity index (χ0) is 14.5. The van der Waals surface area contributed by atoms with E-state index >= 15 is 0 Å². The van der Waals surface area contributed by atoms with Crippen LogP contribution in [0.5, 0.6) is 11.5 Å². The van der Waals surface area contributed by atoms with Crippen LogP contribution in [0.1, 0.15) is 40.5 Å². The zero-order valence-electron chi connectivity index (χ0n) is 11.9. The Hall–Kier alpha value is -1.84. The maximum absolute atomic E-state index is 11.7. The normalized spacial score (nSPS) is 10.9. The molecule has 0 N–H and O–H groups in total. The smallest absolute Gasteiger partial charge is 0.316 e. The van der Waals surface area contributed by atoms with Crippen molar-refractivity contribution in [3.05, 3.63) is 24.3 Å². The molecule has 0 radical (unpaired) electrons. The highest BCUT2D eigenvalue weighted by molar-refractivity contribution is 5.78. The van der Waals surface area contributed by atoms with Crippen LogP contribution in [0.2, 0.25) is 0 Å². The first-order valence-electron chi connectivity index (χ1n) is 6.36. The summed E-state index contributed by atoms with van der Waals surface area (Å²) in [6.45, 7) is 7.28. The third-order valence-corrected chi connectivity index (χ3v) is 2.33. The molecule has 1 rings (SSSR count). The van der Waals surface area contributed by atoms with Gasteiger partial charge in [0.15, 0.2) is 0 Å². The number of rotatable bonds is 4. The van der Waals surface area contributed by atoms with Crippen molar-refractivity contribution in [1.29, 1.82) is 0 Å². The molecule has 0 aliphatic carbocycles. The van der Waals surface area contributed by atoms with Crippen molar-refractivity contribution in [3.8, 4) is 11.5 Å². The Balaban J connectivity index is 2.62. The van der Waals surface area contributed by atoms with Crippen LogP contribution in [-0.2, 0) is 9.59 Å². The van der Waals surface area contributed by atoms with Crippen LogP contribution in [0, 0.1) is 5.41 Å². The highest BCUT2D eigenvalue weighted by Crippen LogP contribution is 2.22. The summed E-state index contributed by atoms with van der Waals surface area (Å²) in [4.78, 5) is 23.0. The Bertz CT molecular complexity index is 440. The highest BCUT2D eigenvalue weighted by atomic mass is 16.5. The summed E-state index contributed by atoms with van der Waals surface area (Å²) in [5.41, 5.74) is -0.549. The number of benzene rings is 1. The van der Waals surface area contributed by atoms with Crippen molar-refractivity contribution in [2.75, 3.05) is 0 Å². The molecule has 0 atom stereocenters. The monoisotopic (exact) mass is 264 g/mol. The number of carbonyl (C=O) groups is 2. The van der Waals surface area contributed by atoms with Crippen LogP contribution in [0.3, 0.4) is 0 Å². The fourth-order valence-electron chi connectivity index (χ4n) is 1.22. The van der Waals surface area contributed by atoms with Crippen molar-refractivity contribution in [2.45, 2.75) is 40.5 Å². The van der Waals surface area contributed by atoms with Crippen LogP contribution >= 0.6 is 0 Å². The molecule has 0 saturated carbocycles. The summed E-state index contributed by atoms with van der Waals surface area (Å²) < 4.78 is 10.3. The van der Waals surface area contributed by atoms with Gasteiger partial charge >= 0.3 is 11.9 Å². The molecule has 0 amide bonds. The quantitative estimate of drug-likeness (QED) is 0.618. The molecule has 4 heteroatoms. The van der Waals surface area contributed by atoms with Gasteiger partial charge in [-0.2, -0.15) is 0 Å². The maximum atomic E-state index is 11.7. The van der Waals surface area contributed by atoms with E-state index in [1.54, 1.807) is 45.0 Å². The van der Waals surface area contributed by atoms with E-state index in [2.05, 4.69) is 0 Å². The number of esters is 2. The summed E-state index contributed by atoms with van der Waals surface area (Å²) in [5.74, 6) is 0.328. The van der Waals surface area contributed by atoms with Gasteiger partial charge in [-0.3, -0.25) is 9.59 Å². The molecule has 1 aromatic carbocycles. The molecule has 19 heavy (non-hydrogen) atoms. The van der Waals surface area contributed by atoms with Crippen molar-refractivity contribution in [1.82, 2.24) is 0 Å². The van der Waals surface area contributed by atoms with Crippen molar-refractivity contribution >= 4 is 11.9 Å². The fraction of sp³-hybridized carbons (Fsp3) is 0.467. The van der Waals surface area contributed by atoms with E-state index < -0.39 is 5.41 Å². The molecular formula is C15H20O4. The van der Waals surface area contributed by atoms with Gasteiger partial charge in [-0.25, -0.2) is 0 Å². The first kappa shape index (κ1) is 15.2. The third-order valence-electron chi connectivity index (χ3n) is 2.33. The summed E-state index contributed by atoms with van der Waals surface area (Å²) >= 11 is 0. The van der Waals surface area contributed by atoms with E-state index in [0.717, 1.165) is 6.42 Å². The first-order valence-corrected chi connectivity index (χ1v) is 6.36. The molecule has 0 fully saturated rings. The molecule has 1 aromatic rings. The van der Waals surface area contributed by atoms with Gasteiger partial charge in [-0.05, 0) is 51.5 Å². The van der Waals surface area contributed by atoms with Crippen molar-refractivity contribution in [3.63, 3.8) is 0 Å². The van der Waals surface area contributed by atoms with Crippen LogP contribution < -0.4 is 9.47 Å². The Morgan fingerprint density at radius 1 is 1.00 bits per heavy atom. The molecule has 0 saturated heterocycles. The van der Waals surface area contributed by atoms with E-state index in [0.29, 0.717) is 17.9 Å². The third kappa shape index (κ3) is 5.12. The minimum absolute atomic E-state index is 0.262. The van der Waals surface area contributed by atoms with Crippen LogP contribution in [0.15, 0.2) is 24.3 Å². The van der Waals surface area contributed by atoms with Crippen LogP contribution in [0.25, 0.3) is 0 Å². The molecule has 0 bridgehead atoms. The van der Waals surface area contributed by atoms with E-state index in [1.165, 1.54) is 0 Å². The summed E-state index contributed by atoms with van der Waals surface area (Å²) in [6, 6.07) is 6.44. The molecule has 0 unspecified atom stereocenters. The molecule has 0 spiro atoms. The lowest BCUT2D eigenvalue weighted by atomic mass is 9.97. The number of hydrogen-bond acceptors (Lipinski definition) is 4. The van der Waals surface area contributed by atoms with Gasteiger partial charge in [0.25, 0.3) is 0 Å².